The van der Waals surface area contributed by atoms with Crippen LogP contribution < -0.4 is 25.6 Å². The molecule has 1 heterocycles. The summed E-state index contributed by atoms with van der Waals surface area (Å²) in [4.78, 5) is 38.2. The van der Waals surface area contributed by atoms with E-state index in [0.717, 1.165) is 31.4 Å². The average molecular weight is 374 g/mol. The van der Waals surface area contributed by atoms with Gasteiger partial charge in [0.1, 0.15) is 5.75 Å². The predicted octanol–water partition coefficient (Wildman–Crippen LogP) is 1.16. The molecular formula is C19H26N4O4. The third kappa shape index (κ3) is 4.90. The first kappa shape index (κ1) is 19.0. The standard InChI is InChI=1S/C19H26N4O4/c1-20-18(25)16-11-23(14-9-5-6-10-15(14)27-16)12-17(24)22-19(26)21-13-7-3-2-4-8-13/h5-6,9-10,13,16H,2-4,7-8,11-12H2,1H3,(H,20,25)(H2,21,22,24,26)/t16-/m1/s1. The first-order valence-corrected chi connectivity index (χ1v) is 9.39. The molecule has 1 aliphatic heterocycles. The number of rotatable bonds is 4. The van der Waals surface area contributed by atoms with E-state index in [-0.39, 0.29) is 25.0 Å². The Kier molecular flexibility index (Phi) is 6.16. The van der Waals surface area contributed by atoms with E-state index in [2.05, 4.69) is 16.0 Å². The quantitative estimate of drug-likeness (QED) is 0.734. The summed E-state index contributed by atoms with van der Waals surface area (Å²) in [5, 5.41) is 7.82. The zero-order valence-electron chi connectivity index (χ0n) is 15.5. The number of anilines is 1. The number of imide groups is 1. The van der Waals surface area contributed by atoms with Crippen LogP contribution in [0.25, 0.3) is 0 Å². The van der Waals surface area contributed by atoms with Gasteiger partial charge in [-0.1, -0.05) is 31.4 Å². The van der Waals surface area contributed by atoms with Crippen molar-refractivity contribution in [1.82, 2.24) is 16.0 Å². The number of fused-ring (bicyclic) bond motifs is 1. The molecule has 0 unspecified atom stereocenters. The summed E-state index contributed by atoms with van der Waals surface area (Å²) >= 11 is 0. The summed E-state index contributed by atoms with van der Waals surface area (Å²) in [5.74, 6) is -0.141. The van der Waals surface area contributed by atoms with Gasteiger partial charge in [-0.05, 0) is 25.0 Å². The zero-order valence-corrected chi connectivity index (χ0v) is 15.5. The fraction of sp³-hybridized carbons (Fsp3) is 0.526. The first-order valence-electron chi connectivity index (χ1n) is 9.39. The highest BCUT2D eigenvalue weighted by Crippen LogP contribution is 2.32. The number of para-hydroxylation sites is 2. The van der Waals surface area contributed by atoms with Crippen molar-refractivity contribution in [2.45, 2.75) is 44.2 Å². The minimum absolute atomic E-state index is 0.0358. The van der Waals surface area contributed by atoms with Gasteiger partial charge in [-0.3, -0.25) is 14.9 Å². The number of likely N-dealkylation sites (N-methyl/N-ethyl adjacent to an activating group) is 1. The predicted molar refractivity (Wildman–Crippen MR) is 101 cm³/mol. The van der Waals surface area contributed by atoms with Crippen molar-refractivity contribution in [3.63, 3.8) is 0 Å². The van der Waals surface area contributed by atoms with Gasteiger partial charge in [-0.25, -0.2) is 4.79 Å². The van der Waals surface area contributed by atoms with E-state index >= 15 is 0 Å². The van der Waals surface area contributed by atoms with Crippen molar-refractivity contribution in [2.75, 3.05) is 25.0 Å². The second kappa shape index (κ2) is 8.75. The van der Waals surface area contributed by atoms with Crippen LogP contribution in [0.3, 0.4) is 0 Å². The maximum atomic E-state index is 12.4. The lowest BCUT2D eigenvalue weighted by atomic mass is 9.96. The van der Waals surface area contributed by atoms with E-state index in [1.165, 1.54) is 6.42 Å². The lowest BCUT2D eigenvalue weighted by molar-refractivity contribution is -0.127. The Labute approximate surface area is 158 Å². The van der Waals surface area contributed by atoms with E-state index in [1.54, 1.807) is 24.1 Å². The van der Waals surface area contributed by atoms with Crippen LogP contribution in [-0.4, -0.2) is 50.1 Å². The van der Waals surface area contributed by atoms with E-state index in [9.17, 15) is 14.4 Å². The van der Waals surface area contributed by atoms with Crippen LogP contribution in [-0.2, 0) is 9.59 Å². The molecule has 0 aromatic heterocycles. The highest BCUT2D eigenvalue weighted by molar-refractivity contribution is 5.97. The number of urea groups is 1. The summed E-state index contributed by atoms with van der Waals surface area (Å²) in [6.07, 6.45) is 4.59. The number of hydrogen-bond acceptors (Lipinski definition) is 5. The van der Waals surface area contributed by atoms with Gasteiger partial charge in [0.25, 0.3) is 5.91 Å². The topological polar surface area (TPSA) is 99.8 Å². The van der Waals surface area contributed by atoms with Gasteiger partial charge < -0.3 is 20.3 Å². The van der Waals surface area contributed by atoms with Gasteiger partial charge in [0.2, 0.25) is 5.91 Å². The molecule has 1 aromatic rings. The van der Waals surface area contributed by atoms with E-state index in [0.29, 0.717) is 5.75 Å². The molecule has 1 atom stereocenters. The smallest absolute Gasteiger partial charge is 0.321 e. The molecule has 27 heavy (non-hydrogen) atoms. The molecular weight excluding hydrogens is 348 g/mol. The van der Waals surface area contributed by atoms with Crippen molar-refractivity contribution in [3.05, 3.63) is 24.3 Å². The SMILES string of the molecule is CNC(=O)[C@H]1CN(CC(=O)NC(=O)NC2CCCCC2)c2ccccc2O1. The van der Waals surface area contributed by atoms with Gasteiger partial charge >= 0.3 is 6.03 Å². The van der Waals surface area contributed by atoms with Gasteiger partial charge in [0.05, 0.1) is 18.8 Å². The Morgan fingerprint density at radius 3 is 2.63 bits per heavy atom. The Morgan fingerprint density at radius 2 is 1.89 bits per heavy atom. The molecule has 1 aliphatic carbocycles. The number of nitrogens with one attached hydrogen (secondary N) is 3. The van der Waals surface area contributed by atoms with Crippen LogP contribution >= 0.6 is 0 Å². The molecule has 8 nitrogen and oxygen atoms in total. The second-order valence-electron chi connectivity index (χ2n) is 6.93. The monoisotopic (exact) mass is 374 g/mol. The molecule has 1 aromatic carbocycles. The molecule has 0 bridgehead atoms. The fourth-order valence-electron chi connectivity index (χ4n) is 3.56. The van der Waals surface area contributed by atoms with E-state index < -0.39 is 18.0 Å². The number of amides is 4. The first-order chi connectivity index (χ1) is 13.1. The Hall–Kier alpha value is -2.77. The number of carbonyl (C=O) groups excluding carboxylic acids is 3. The van der Waals surface area contributed by atoms with E-state index in [4.69, 9.17) is 4.74 Å². The maximum absolute atomic E-state index is 12.4. The summed E-state index contributed by atoms with van der Waals surface area (Å²) in [7, 11) is 1.54. The molecule has 1 fully saturated rings. The minimum atomic E-state index is -0.714. The molecule has 1 saturated carbocycles. The van der Waals surface area contributed by atoms with Crippen molar-refractivity contribution >= 4 is 23.5 Å². The third-order valence-electron chi connectivity index (χ3n) is 4.93. The van der Waals surface area contributed by atoms with Crippen molar-refractivity contribution in [1.29, 1.82) is 0 Å². The van der Waals surface area contributed by atoms with Crippen LogP contribution in [0.5, 0.6) is 5.75 Å². The highest BCUT2D eigenvalue weighted by Gasteiger charge is 2.31. The molecule has 146 valence electrons. The molecule has 0 spiro atoms. The van der Waals surface area contributed by atoms with Crippen LogP contribution in [0.2, 0.25) is 0 Å². The third-order valence-corrected chi connectivity index (χ3v) is 4.93. The largest absolute Gasteiger partial charge is 0.477 e. The maximum Gasteiger partial charge on any atom is 0.321 e. The van der Waals surface area contributed by atoms with Gasteiger partial charge in [0, 0.05) is 13.1 Å². The number of carbonyl (C=O) groups is 3. The number of ether oxygens (including phenoxy) is 1. The van der Waals surface area contributed by atoms with Crippen LogP contribution in [0.15, 0.2) is 24.3 Å². The lowest BCUT2D eigenvalue weighted by Crippen LogP contribution is -2.52. The molecule has 4 amide bonds. The van der Waals surface area contributed by atoms with E-state index in [1.807, 2.05) is 12.1 Å². The molecule has 0 radical (unpaired) electrons. The van der Waals surface area contributed by atoms with Crippen molar-refractivity contribution in [2.24, 2.45) is 0 Å². The lowest BCUT2D eigenvalue weighted by Gasteiger charge is -2.34. The fourth-order valence-corrected chi connectivity index (χ4v) is 3.56. The Morgan fingerprint density at radius 1 is 1.15 bits per heavy atom. The Balaban J connectivity index is 1.60. The van der Waals surface area contributed by atoms with Gasteiger partial charge in [-0.15, -0.1) is 0 Å². The molecule has 3 rings (SSSR count). The van der Waals surface area contributed by atoms with Gasteiger partial charge in [0.15, 0.2) is 6.10 Å². The second-order valence-corrected chi connectivity index (χ2v) is 6.93. The van der Waals surface area contributed by atoms with Crippen LogP contribution in [0.1, 0.15) is 32.1 Å². The zero-order chi connectivity index (χ0) is 19.2. The number of hydrogen-bond donors (Lipinski definition) is 3. The Bertz CT molecular complexity index is 703. The normalized spacial score (nSPS) is 19.4. The average Bonchev–Trinajstić information content (AvgIpc) is 2.67. The number of benzene rings is 1. The minimum Gasteiger partial charge on any atom is -0.477 e. The molecule has 3 N–H and O–H groups in total. The summed E-state index contributed by atoms with van der Waals surface area (Å²) in [6, 6.07) is 6.89. The van der Waals surface area contributed by atoms with Gasteiger partial charge in [-0.2, -0.15) is 0 Å². The summed E-state index contributed by atoms with van der Waals surface area (Å²) < 4.78 is 5.71. The summed E-state index contributed by atoms with van der Waals surface area (Å²) in [5.41, 5.74) is 0.723. The van der Waals surface area contributed by atoms with Crippen LogP contribution in [0, 0.1) is 0 Å². The van der Waals surface area contributed by atoms with Crippen molar-refractivity contribution < 1.29 is 19.1 Å². The summed E-state index contributed by atoms with van der Waals surface area (Å²) in [6.45, 7) is 0.195. The van der Waals surface area contributed by atoms with Crippen LogP contribution in [0.4, 0.5) is 10.5 Å². The highest BCUT2D eigenvalue weighted by atomic mass is 16.5. The van der Waals surface area contributed by atoms with Crippen molar-refractivity contribution in [3.8, 4) is 5.75 Å². The molecule has 2 aliphatic rings. The molecule has 8 heteroatoms. The molecule has 0 saturated heterocycles. The number of nitrogens with zero attached hydrogens (tertiary/aromatic N) is 1.